The van der Waals surface area contributed by atoms with Crippen molar-refractivity contribution in [2.75, 3.05) is 25.5 Å². The Bertz CT molecular complexity index is 1080. The lowest BCUT2D eigenvalue weighted by Crippen LogP contribution is -2.37. The van der Waals surface area contributed by atoms with E-state index in [9.17, 15) is 19.2 Å². The minimum Gasteiger partial charge on any atom is -0.375 e. The fraction of sp³-hybridized carbons (Fsp3) is 0.200. The molecule has 2 N–H and O–H groups in total. The van der Waals surface area contributed by atoms with Crippen LogP contribution < -0.4 is 15.5 Å². The van der Waals surface area contributed by atoms with Gasteiger partial charge in [0.1, 0.15) is 6.29 Å². The molecule has 0 spiro atoms. The Hall–Kier alpha value is -4.20. The molecule has 1 aliphatic rings. The third kappa shape index (κ3) is 5.94. The molecule has 3 rings (SSSR count). The highest BCUT2D eigenvalue weighted by atomic mass is 16.2. The summed E-state index contributed by atoms with van der Waals surface area (Å²) in [5.41, 5.74) is 2.81. The molecule has 8 heteroatoms. The van der Waals surface area contributed by atoms with Crippen LogP contribution in [0.2, 0.25) is 0 Å². The molecule has 2 aromatic carbocycles. The second-order valence-corrected chi connectivity index (χ2v) is 7.70. The van der Waals surface area contributed by atoms with Crippen LogP contribution in [0.3, 0.4) is 0 Å². The van der Waals surface area contributed by atoms with Crippen LogP contribution in [0.4, 0.5) is 5.69 Å². The summed E-state index contributed by atoms with van der Waals surface area (Å²) in [5.74, 6) is -0.660. The van der Waals surface area contributed by atoms with Crippen LogP contribution in [0.25, 0.3) is 0 Å². The average Bonchev–Trinajstić information content (AvgIpc) is 2.83. The molecule has 1 atom stereocenters. The Kier molecular flexibility index (Phi) is 7.75. The van der Waals surface area contributed by atoms with Gasteiger partial charge in [-0.3, -0.25) is 14.4 Å². The van der Waals surface area contributed by atoms with Crippen molar-refractivity contribution in [3.8, 4) is 0 Å². The molecule has 0 saturated carbocycles. The molecule has 1 aliphatic heterocycles. The molecule has 0 bridgehead atoms. The molecule has 0 saturated heterocycles. The summed E-state index contributed by atoms with van der Waals surface area (Å²) in [5, 5.41) is 5.32. The van der Waals surface area contributed by atoms with Crippen molar-refractivity contribution in [2.45, 2.75) is 12.5 Å². The number of anilines is 1. The van der Waals surface area contributed by atoms with Crippen LogP contribution in [0.1, 0.15) is 15.9 Å². The number of nitrogens with one attached hydrogen (secondary N) is 2. The van der Waals surface area contributed by atoms with Crippen molar-refractivity contribution in [1.82, 2.24) is 15.5 Å². The Morgan fingerprint density at radius 2 is 1.79 bits per heavy atom. The monoisotopic (exact) mass is 446 g/mol. The normalized spacial score (nSPS) is 13.8. The van der Waals surface area contributed by atoms with Gasteiger partial charge in [-0.25, -0.2) is 0 Å². The fourth-order valence-electron chi connectivity index (χ4n) is 3.47. The van der Waals surface area contributed by atoms with E-state index in [4.69, 9.17) is 0 Å². The van der Waals surface area contributed by atoms with E-state index < -0.39 is 6.04 Å². The van der Waals surface area contributed by atoms with Crippen molar-refractivity contribution >= 4 is 30.2 Å². The molecule has 0 radical (unpaired) electrons. The van der Waals surface area contributed by atoms with E-state index in [0.29, 0.717) is 41.9 Å². The van der Waals surface area contributed by atoms with E-state index in [2.05, 4.69) is 10.6 Å². The van der Waals surface area contributed by atoms with E-state index in [0.717, 1.165) is 11.8 Å². The summed E-state index contributed by atoms with van der Waals surface area (Å²) in [4.78, 5) is 51.2. The standard InChI is InChI=1S/C25H26N4O4/c1-28-13-12-22(23(15-28)26-17-31)25(33)29(2)21-10-8-19(9-11-21)24(32)27-20(16-30)14-18-6-4-3-5-7-18/h3-13,16-17,20H,14-15H2,1-2H3,(H,26,31)(H,27,32). The molecular formula is C25H26N4O4. The van der Waals surface area contributed by atoms with Crippen molar-refractivity contribution < 1.29 is 19.2 Å². The molecule has 0 aromatic heterocycles. The number of nitrogens with zero attached hydrogens (tertiary/aromatic N) is 2. The molecule has 0 aliphatic carbocycles. The maximum absolute atomic E-state index is 13.0. The Morgan fingerprint density at radius 1 is 1.09 bits per heavy atom. The van der Waals surface area contributed by atoms with Crippen molar-refractivity contribution in [3.05, 3.63) is 89.3 Å². The maximum atomic E-state index is 13.0. The van der Waals surface area contributed by atoms with Crippen LogP contribution in [-0.4, -0.2) is 56.1 Å². The highest BCUT2D eigenvalue weighted by Crippen LogP contribution is 2.20. The lowest BCUT2D eigenvalue weighted by molar-refractivity contribution is -0.114. The van der Waals surface area contributed by atoms with Crippen LogP contribution in [0, 0.1) is 0 Å². The van der Waals surface area contributed by atoms with E-state index >= 15 is 0 Å². The number of amides is 3. The molecule has 1 heterocycles. The number of hydrogen-bond donors (Lipinski definition) is 2. The average molecular weight is 447 g/mol. The molecule has 8 nitrogen and oxygen atoms in total. The predicted molar refractivity (Wildman–Crippen MR) is 125 cm³/mol. The van der Waals surface area contributed by atoms with Gasteiger partial charge in [-0.15, -0.1) is 0 Å². The van der Waals surface area contributed by atoms with Crippen LogP contribution in [-0.2, 0) is 20.8 Å². The number of hydrogen-bond acceptors (Lipinski definition) is 5. The van der Waals surface area contributed by atoms with Crippen LogP contribution >= 0.6 is 0 Å². The minimum absolute atomic E-state index is 0.287. The molecule has 0 fully saturated rings. The van der Waals surface area contributed by atoms with Gasteiger partial charge in [0, 0.05) is 31.0 Å². The summed E-state index contributed by atoms with van der Waals surface area (Å²) >= 11 is 0. The summed E-state index contributed by atoms with van der Waals surface area (Å²) in [6, 6.07) is 15.3. The fourth-order valence-corrected chi connectivity index (χ4v) is 3.47. The Balaban J connectivity index is 1.68. The van der Waals surface area contributed by atoms with Gasteiger partial charge in [0.25, 0.3) is 11.8 Å². The predicted octanol–water partition coefficient (Wildman–Crippen LogP) is 1.65. The molecular weight excluding hydrogens is 420 g/mol. The van der Waals surface area contributed by atoms with Crippen molar-refractivity contribution in [1.29, 1.82) is 0 Å². The van der Waals surface area contributed by atoms with Gasteiger partial charge in [0.15, 0.2) is 0 Å². The van der Waals surface area contributed by atoms with Crippen molar-refractivity contribution in [2.24, 2.45) is 0 Å². The van der Waals surface area contributed by atoms with Gasteiger partial charge in [0.05, 0.1) is 18.2 Å². The first-order valence-electron chi connectivity index (χ1n) is 10.4. The molecule has 1 unspecified atom stereocenters. The third-order valence-corrected chi connectivity index (χ3v) is 5.29. The lowest BCUT2D eigenvalue weighted by atomic mass is 10.1. The largest absolute Gasteiger partial charge is 0.375 e. The summed E-state index contributed by atoms with van der Waals surface area (Å²) < 4.78 is 0. The minimum atomic E-state index is -0.643. The van der Waals surface area contributed by atoms with Crippen LogP contribution in [0.15, 0.2) is 78.1 Å². The van der Waals surface area contributed by atoms with Crippen molar-refractivity contribution in [3.63, 3.8) is 0 Å². The molecule has 3 amide bonds. The van der Waals surface area contributed by atoms with E-state index in [1.54, 1.807) is 43.6 Å². The molecule has 2 aromatic rings. The highest BCUT2D eigenvalue weighted by Gasteiger charge is 2.22. The second kappa shape index (κ2) is 10.9. The number of carbonyl (C=O) groups excluding carboxylic acids is 4. The molecule has 33 heavy (non-hydrogen) atoms. The first-order chi connectivity index (χ1) is 15.9. The van der Waals surface area contributed by atoms with Gasteiger partial charge >= 0.3 is 0 Å². The Morgan fingerprint density at radius 3 is 2.42 bits per heavy atom. The summed E-state index contributed by atoms with van der Waals surface area (Å²) in [7, 11) is 3.46. The van der Waals surface area contributed by atoms with Gasteiger partial charge in [-0.05, 0) is 48.5 Å². The van der Waals surface area contributed by atoms with Gasteiger partial charge in [-0.1, -0.05) is 30.3 Å². The number of carbonyl (C=O) groups is 4. The van der Waals surface area contributed by atoms with Gasteiger partial charge < -0.3 is 25.2 Å². The smallest absolute Gasteiger partial charge is 0.259 e. The lowest BCUT2D eigenvalue weighted by Gasteiger charge is -2.25. The SMILES string of the molecule is CN1C=CC(C(=O)N(C)c2ccc(C(=O)NC(C=O)Cc3ccccc3)cc2)=C(NC=O)C1. The summed E-state index contributed by atoms with van der Waals surface area (Å²) in [6.45, 7) is 0.407. The quantitative estimate of drug-likeness (QED) is 0.571. The zero-order valence-corrected chi connectivity index (χ0v) is 18.5. The number of benzene rings is 2. The third-order valence-electron chi connectivity index (χ3n) is 5.29. The van der Waals surface area contributed by atoms with Crippen LogP contribution in [0.5, 0.6) is 0 Å². The zero-order valence-electron chi connectivity index (χ0n) is 18.5. The second-order valence-electron chi connectivity index (χ2n) is 7.70. The zero-order chi connectivity index (χ0) is 23.8. The highest BCUT2D eigenvalue weighted by molar-refractivity contribution is 6.08. The van der Waals surface area contributed by atoms with E-state index in [1.165, 1.54) is 4.90 Å². The topological polar surface area (TPSA) is 98.8 Å². The Labute approximate surface area is 192 Å². The number of likely N-dealkylation sites (N-methyl/N-ethyl adjacent to an activating group) is 2. The number of rotatable bonds is 9. The van der Waals surface area contributed by atoms with Gasteiger partial charge in [-0.2, -0.15) is 0 Å². The van der Waals surface area contributed by atoms with Gasteiger partial charge in [0.2, 0.25) is 6.41 Å². The maximum Gasteiger partial charge on any atom is 0.259 e. The molecule has 170 valence electrons. The first kappa shape index (κ1) is 23.5. The summed E-state index contributed by atoms with van der Waals surface area (Å²) in [6.07, 6.45) is 5.10. The first-order valence-corrected chi connectivity index (χ1v) is 10.4. The van der Waals surface area contributed by atoms with E-state index in [1.807, 2.05) is 42.3 Å². The van der Waals surface area contributed by atoms with E-state index in [-0.39, 0.29) is 11.8 Å². The number of aldehydes is 1.